The van der Waals surface area contributed by atoms with Crippen LogP contribution in [-0.4, -0.2) is 30.0 Å². The molecule has 0 saturated carbocycles. The molecule has 3 nitrogen and oxygen atoms in total. The number of carbonyl (C=O) groups is 1. The molecule has 2 unspecified atom stereocenters. The summed E-state index contributed by atoms with van der Waals surface area (Å²) < 4.78 is 0. The van der Waals surface area contributed by atoms with Gasteiger partial charge < -0.3 is 0 Å². The number of carbonyl (C=O) groups excluding carboxylic acids is 1. The Kier molecular flexibility index (Phi) is 3.84. The lowest BCUT2D eigenvalue weighted by atomic mass is 9.92. The number of piperidine rings is 1. The second-order valence-electron chi connectivity index (χ2n) is 4.12. The van der Waals surface area contributed by atoms with Gasteiger partial charge in [-0.1, -0.05) is 19.1 Å². The van der Waals surface area contributed by atoms with Crippen molar-refractivity contribution in [1.82, 2.24) is 5.06 Å². The van der Waals surface area contributed by atoms with Gasteiger partial charge in [0.25, 0.3) is 0 Å². The van der Waals surface area contributed by atoms with E-state index in [-0.39, 0.29) is 12.0 Å². The molecule has 0 aromatic carbocycles. The van der Waals surface area contributed by atoms with Gasteiger partial charge in [0.05, 0.1) is 6.61 Å². The molecule has 1 aliphatic heterocycles. The molecule has 1 aliphatic rings. The van der Waals surface area contributed by atoms with Crippen LogP contribution in [0, 0.1) is 5.92 Å². The molecular weight excluding hydrogens is 178 g/mol. The van der Waals surface area contributed by atoms with E-state index in [1.807, 2.05) is 25.8 Å². The summed E-state index contributed by atoms with van der Waals surface area (Å²) in [5.41, 5.74) is 1.00. The lowest BCUT2D eigenvalue weighted by Gasteiger charge is -2.35. The number of nitrogens with zero attached hydrogens (tertiary/aromatic N) is 1. The van der Waals surface area contributed by atoms with E-state index in [1.165, 1.54) is 0 Å². The molecule has 14 heavy (non-hydrogen) atoms. The van der Waals surface area contributed by atoms with Gasteiger partial charge in [0, 0.05) is 24.9 Å². The van der Waals surface area contributed by atoms with E-state index in [0.29, 0.717) is 25.4 Å². The highest BCUT2D eigenvalue weighted by Crippen LogP contribution is 2.20. The largest absolute Gasteiger partial charge is 0.299 e. The molecule has 1 heterocycles. The predicted octanol–water partition coefficient (Wildman–Crippen LogP) is 1.79. The SMILES string of the molecule is C=C(C)CON1CCC(=O)C(C)C1C. The van der Waals surface area contributed by atoms with Crippen molar-refractivity contribution in [3.05, 3.63) is 12.2 Å². The Labute approximate surface area is 85.7 Å². The van der Waals surface area contributed by atoms with Crippen LogP contribution in [0.4, 0.5) is 0 Å². The Morgan fingerprint density at radius 2 is 2.29 bits per heavy atom. The molecule has 0 aromatic rings. The van der Waals surface area contributed by atoms with Crippen LogP contribution >= 0.6 is 0 Å². The average Bonchev–Trinajstić information content (AvgIpc) is 2.13. The summed E-state index contributed by atoms with van der Waals surface area (Å²) in [5, 5.41) is 1.90. The topological polar surface area (TPSA) is 29.5 Å². The monoisotopic (exact) mass is 197 g/mol. The highest BCUT2D eigenvalue weighted by molar-refractivity contribution is 5.82. The molecule has 0 aliphatic carbocycles. The molecule has 0 radical (unpaired) electrons. The Hall–Kier alpha value is -0.670. The van der Waals surface area contributed by atoms with E-state index in [1.54, 1.807) is 0 Å². The molecular formula is C11H19NO2. The molecule has 0 N–H and O–H groups in total. The molecule has 0 aromatic heterocycles. The summed E-state index contributed by atoms with van der Waals surface area (Å²) in [6.07, 6.45) is 0.599. The minimum atomic E-state index is 0.0777. The number of rotatable bonds is 3. The second kappa shape index (κ2) is 4.71. The first kappa shape index (κ1) is 11.4. The van der Waals surface area contributed by atoms with Gasteiger partial charge >= 0.3 is 0 Å². The van der Waals surface area contributed by atoms with E-state index in [0.717, 1.165) is 5.57 Å². The molecule has 0 amide bonds. The summed E-state index contributed by atoms with van der Waals surface area (Å²) >= 11 is 0. The van der Waals surface area contributed by atoms with Crippen LogP contribution in [0.3, 0.4) is 0 Å². The van der Waals surface area contributed by atoms with Gasteiger partial charge in [-0.25, -0.2) is 0 Å². The van der Waals surface area contributed by atoms with Crippen molar-refractivity contribution in [3.63, 3.8) is 0 Å². The Balaban J connectivity index is 2.46. The third-order valence-electron chi connectivity index (χ3n) is 2.74. The first-order valence-corrected chi connectivity index (χ1v) is 5.09. The number of hydroxylamine groups is 2. The lowest BCUT2D eigenvalue weighted by molar-refractivity contribution is -0.198. The van der Waals surface area contributed by atoms with E-state index in [2.05, 4.69) is 6.58 Å². The van der Waals surface area contributed by atoms with Gasteiger partial charge in [-0.05, 0) is 13.8 Å². The minimum Gasteiger partial charge on any atom is -0.299 e. The van der Waals surface area contributed by atoms with Gasteiger partial charge in [0.1, 0.15) is 5.78 Å². The third kappa shape index (κ3) is 2.66. The van der Waals surface area contributed by atoms with Crippen molar-refractivity contribution in [2.45, 2.75) is 33.2 Å². The van der Waals surface area contributed by atoms with Crippen LogP contribution in [0.15, 0.2) is 12.2 Å². The fourth-order valence-corrected chi connectivity index (χ4v) is 1.55. The molecule has 2 atom stereocenters. The molecule has 1 rings (SSSR count). The number of hydrogen-bond acceptors (Lipinski definition) is 3. The Bertz CT molecular complexity index is 237. The summed E-state index contributed by atoms with van der Waals surface area (Å²) in [4.78, 5) is 16.9. The summed E-state index contributed by atoms with van der Waals surface area (Å²) in [7, 11) is 0. The van der Waals surface area contributed by atoms with E-state index < -0.39 is 0 Å². The fourth-order valence-electron chi connectivity index (χ4n) is 1.55. The van der Waals surface area contributed by atoms with Crippen LogP contribution in [0.5, 0.6) is 0 Å². The lowest BCUT2D eigenvalue weighted by Crippen LogP contribution is -2.46. The van der Waals surface area contributed by atoms with Crippen LogP contribution < -0.4 is 0 Å². The quantitative estimate of drug-likeness (QED) is 0.646. The molecule has 0 spiro atoms. The fraction of sp³-hybridized carbons (Fsp3) is 0.727. The predicted molar refractivity (Wildman–Crippen MR) is 55.7 cm³/mol. The summed E-state index contributed by atoms with van der Waals surface area (Å²) in [5.74, 6) is 0.418. The number of ketones is 1. The molecule has 1 saturated heterocycles. The van der Waals surface area contributed by atoms with Gasteiger partial charge in [-0.15, -0.1) is 0 Å². The van der Waals surface area contributed by atoms with Gasteiger partial charge in [0.2, 0.25) is 0 Å². The molecule has 3 heteroatoms. The van der Waals surface area contributed by atoms with Crippen molar-refractivity contribution >= 4 is 5.78 Å². The maximum atomic E-state index is 11.4. The second-order valence-corrected chi connectivity index (χ2v) is 4.12. The van der Waals surface area contributed by atoms with E-state index in [4.69, 9.17) is 4.84 Å². The highest BCUT2D eigenvalue weighted by Gasteiger charge is 2.31. The highest BCUT2D eigenvalue weighted by atomic mass is 16.7. The van der Waals surface area contributed by atoms with Gasteiger partial charge in [-0.2, -0.15) is 5.06 Å². The standard InChI is InChI=1S/C11H19NO2/c1-8(2)7-14-12-6-5-11(13)9(3)10(12)4/h9-10H,1,5-7H2,2-4H3. The van der Waals surface area contributed by atoms with Gasteiger partial charge in [-0.3, -0.25) is 9.63 Å². The van der Waals surface area contributed by atoms with Crippen molar-refractivity contribution in [1.29, 1.82) is 0 Å². The smallest absolute Gasteiger partial charge is 0.138 e. The maximum absolute atomic E-state index is 11.4. The first-order valence-electron chi connectivity index (χ1n) is 5.09. The Morgan fingerprint density at radius 1 is 1.64 bits per heavy atom. The van der Waals surface area contributed by atoms with E-state index >= 15 is 0 Å². The van der Waals surface area contributed by atoms with Crippen LogP contribution in [0.25, 0.3) is 0 Å². The van der Waals surface area contributed by atoms with Crippen molar-refractivity contribution < 1.29 is 9.63 Å². The first-order chi connectivity index (χ1) is 6.52. The molecule has 80 valence electrons. The van der Waals surface area contributed by atoms with Crippen LogP contribution in [-0.2, 0) is 9.63 Å². The van der Waals surface area contributed by atoms with E-state index in [9.17, 15) is 4.79 Å². The molecule has 1 fully saturated rings. The number of hydrogen-bond donors (Lipinski definition) is 0. The third-order valence-corrected chi connectivity index (χ3v) is 2.74. The normalized spacial score (nSPS) is 29.2. The molecule has 0 bridgehead atoms. The van der Waals surface area contributed by atoms with Crippen molar-refractivity contribution in [2.24, 2.45) is 5.92 Å². The van der Waals surface area contributed by atoms with Crippen molar-refractivity contribution in [3.8, 4) is 0 Å². The van der Waals surface area contributed by atoms with Crippen LogP contribution in [0.1, 0.15) is 27.2 Å². The van der Waals surface area contributed by atoms with Gasteiger partial charge in [0.15, 0.2) is 0 Å². The zero-order valence-electron chi connectivity index (χ0n) is 9.25. The zero-order chi connectivity index (χ0) is 10.7. The minimum absolute atomic E-state index is 0.0777. The van der Waals surface area contributed by atoms with Crippen LogP contribution in [0.2, 0.25) is 0 Å². The average molecular weight is 197 g/mol. The summed E-state index contributed by atoms with van der Waals surface area (Å²) in [6, 6.07) is 0.176. The maximum Gasteiger partial charge on any atom is 0.138 e. The Morgan fingerprint density at radius 3 is 2.86 bits per heavy atom. The summed E-state index contributed by atoms with van der Waals surface area (Å²) in [6.45, 7) is 11.0. The van der Waals surface area contributed by atoms with Crippen molar-refractivity contribution in [2.75, 3.05) is 13.2 Å². The number of Topliss-reactive ketones (excluding diaryl/α,β-unsaturated/α-hetero) is 1. The zero-order valence-corrected chi connectivity index (χ0v) is 9.25.